The summed E-state index contributed by atoms with van der Waals surface area (Å²) in [6.07, 6.45) is -0.176. The summed E-state index contributed by atoms with van der Waals surface area (Å²) in [5.74, 6) is 0. The van der Waals surface area contributed by atoms with Gasteiger partial charge in [0.15, 0.2) is 0 Å². The van der Waals surface area contributed by atoms with E-state index in [1.54, 1.807) is 0 Å². The minimum absolute atomic E-state index is 0.263. The minimum atomic E-state index is -1.00. The topological polar surface area (TPSA) is 105 Å². The first-order valence-corrected chi connectivity index (χ1v) is 5.20. The Kier molecular flexibility index (Phi) is 5.36. The van der Waals surface area contributed by atoms with Gasteiger partial charge < -0.3 is 9.68 Å². The van der Waals surface area contributed by atoms with Gasteiger partial charge in [0, 0.05) is 0 Å². The predicted molar refractivity (Wildman–Crippen MR) is 59.6 cm³/mol. The molecule has 18 heavy (non-hydrogen) atoms. The van der Waals surface area contributed by atoms with Crippen LogP contribution in [0, 0.1) is 20.2 Å². The quantitative estimate of drug-likeness (QED) is 0.514. The molecule has 1 atom stereocenters. The number of aryl methyl sites for hydroxylation is 1. The predicted octanol–water partition coefficient (Wildman–Crippen LogP) is 1.40. The highest BCUT2D eigenvalue weighted by Crippen LogP contribution is 2.08. The lowest BCUT2D eigenvalue weighted by Gasteiger charge is -2.13. The van der Waals surface area contributed by atoms with E-state index in [1.165, 1.54) is 0 Å². The number of rotatable bonds is 8. The molecular formula is C10H12N2O6. The van der Waals surface area contributed by atoms with Crippen molar-refractivity contribution in [1.82, 2.24) is 0 Å². The smallest absolute Gasteiger partial charge is 0.294 e. The molecule has 0 fully saturated rings. The summed E-state index contributed by atoms with van der Waals surface area (Å²) in [6.45, 7) is -0.458. The molecule has 98 valence electrons. The Morgan fingerprint density at radius 3 is 2.33 bits per heavy atom. The van der Waals surface area contributed by atoms with Crippen molar-refractivity contribution < 1.29 is 19.8 Å². The fourth-order valence-corrected chi connectivity index (χ4v) is 1.40. The Balaban J connectivity index is 2.45. The van der Waals surface area contributed by atoms with Crippen LogP contribution < -0.4 is 0 Å². The van der Waals surface area contributed by atoms with E-state index >= 15 is 0 Å². The Morgan fingerprint density at radius 1 is 1.11 bits per heavy atom. The second-order valence-electron chi connectivity index (χ2n) is 3.49. The molecular weight excluding hydrogens is 244 g/mol. The molecule has 1 aromatic carbocycles. The molecule has 0 amide bonds. The summed E-state index contributed by atoms with van der Waals surface area (Å²) in [6, 6.07) is 9.25. The first-order chi connectivity index (χ1) is 8.58. The van der Waals surface area contributed by atoms with Crippen molar-refractivity contribution in [3.8, 4) is 0 Å². The number of hydrogen-bond donors (Lipinski definition) is 0. The van der Waals surface area contributed by atoms with E-state index in [1.807, 2.05) is 30.3 Å². The third-order valence-corrected chi connectivity index (χ3v) is 2.20. The zero-order valence-corrected chi connectivity index (χ0v) is 9.43. The second kappa shape index (κ2) is 7.05. The van der Waals surface area contributed by atoms with Crippen LogP contribution in [0.5, 0.6) is 0 Å². The number of nitrogens with zero attached hydrogens (tertiary/aromatic N) is 2. The summed E-state index contributed by atoms with van der Waals surface area (Å²) in [4.78, 5) is 28.6. The van der Waals surface area contributed by atoms with E-state index in [-0.39, 0.29) is 6.42 Å². The van der Waals surface area contributed by atoms with E-state index < -0.39 is 22.9 Å². The standard InChI is InChI=1S/C10H12N2O6/c13-11(14)17-8-10(18-12(15)16)7-6-9-4-2-1-3-5-9/h1-5,10H,6-8H2. The monoisotopic (exact) mass is 256 g/mol. The van der Waals surface area contributed by atoms with Crippen LogP contribution in [-0.2, 0) is 16.1 Å². The zero-order chi connectivity index (χ0) is 13.4. The summed E-state index contributed by atoms with van der Waals surface area (Å²) in [7, 11) is 0. The van der Waals surface area contributed by atoms with Crippen molar-refractivity contribution in [3.63, 3.8) is 0 Å². The van der Waals surface area contributed by atoms with Gasteiger partial charge in [0.05, 0.1) is 0 Å². The summed E-state index contributed by atoms with van der Waals surface area (Å²) in [5, 5.41) is 18.3. The van der Waals surface area contributed by atoms with Gasteiger partial charge in [-0.05, 0) is 18.4 Å². The highest BCUT2D eigenvalue weighted by Gasteiger charge is 2.15. The first-order valence-electron chi connectivity index (χ1n) is 5.20. The molecule has 8 heteroatoms. The van der Waals surface area contributed by atoms with Crippen molar-refractivity contribution in [1.29, 1.82) is 0 Å². The lowest BCUT2D eigenvalue weighted by atomic mass is 10.1. The fraction of sp³-hybridized carbons (Fsp3) is 0.400. The van der Waals surface area contributed by atoms with Crippen LogP contribution in [0.15, 0.2) is 30.3 Å². The van der Waals surface area contributed by atoms with Gasteiger partial charge in [-0.2, -0.15) is 0 Å². The van der Waals surface area contributed by atoms with Gasteiger partial charge in [0.2, 0.25) is 0 Å². The minimum Gasteiger partial charge on any atom is -0.312 e. The van der Waals surface area contributed by atoms with Crippen LogP contribution in [0.4, 0.5) is 0 Å². The molecule has 0 bridgehead atoms. The largest absolute Gasteiger partial charge is 0.312 e. The third kappa shape index (κ3) is 5.64. The van der Waals surface area contributed by atoms with Crippen molar-refractivity contribution in [3.05, 3.63) is 56.1 Å². The van der Waals surface area contributed by atoms with Crippen LogP contribution in [0.25, 0.3) is 0 Å². The van der Waals surface area contributed by atoms with Crippen molar-refractivity contribution in [2.75, 3.05) is 6.61 Å². The summed E-state index contributed by atoms with van der Waals surface area (Å²) >= 11 is 0. The van der Waals surface area contributed by atoms with E-state index in [2.05, 4.69) is 9.68 Å². The maximum absolute atomic E-state index is 10.2. The Morgan fingerprint density at radius 2 is 1.78 bits per heavy atom. The molecule has 0 saturated heterocycles. The summed E-state index contributed by atoms with van der Waals surface area (Å²) < 4.78 is 0. The van der Waals surface area contributed by atoms with Gasteiger partial charge >= 0.3 is 0 Å². The van der Waals surface area contributed by atoms with Crippen LogP contribution >= 0.6 is 0 Å². The van der Waals surface area contributed by atoms with Gasteiger partial charge in [-0.1, -0.05) is 30.3 Å². The lowest BCUT2D eigenvalue weighted by molar-refractivity contribution is -0.790. The van der Waals surface area contributed by atoms with Gasteiger partial charge in [-0.3, -0.25) is 0 Å². The molecule has 0 radical (unpaired) electrons. The molecule has 1 unspecified atom stereocenters. The molecule has 0 spiro atoms. The van der Waals surface area contributed by atoms with Crippen molar-refractivity contribution >= 4 is 0 Å². The van der Waals surface area contributed by atoms with Gasteiger partial charge in [0.1, 0.15) is 12.7 Å². The molecule has 0 aliphatic rings. The van der Waals surface area contributed by atoms with E-state index in [4.69, 9.17) is 0 Å². The summed E-state index contributed by atoms with van der Waals surface area (Å²) in [5.41, 5.74) is 0.968. The maximum atomic E-state index is 10.2. The van der Waals surface area contributed by atoms with Gasteiger partial charge in [-0.25, -0.2) is 0 Å². The second-order valence-corrected chi connectivity index (χ2v) is 3.49. The Labute approximate surface area is 102 Å². The zero-order valence-electron chi connectivity index (χ0n) is 9.43. The highest BCUT2D eigenvalue weighted by atomic mass is 17.0. The van der Waals surface area contributed by atoms with Gasteiger partial charge in [-0.15, -0.1) is 20.2 Å². The average Bonchev–Trinajstić information content (AvgIpc) is 2.33. The molecule has 0 N–H and O–H groups in total. The van der Waals surface area contributed by atoms with Crippen LogP contribution in [0.3, 0.4) is 0 Å². The van der Waals surface area contributed by atoms with E-state index in [0.29, 0.717) is 6.42 Å². The maximum Gasteiger partial charge on any atom is 0.294 e. The van der Waals surface area contributed by atoms with Crippen molar-refractivity contribution in [2.24, 2.45) is 0 Å². The van der Waals surface area contributed by atoms with Crippen LogP contribution in [0.1, 0.15) is 12.0 Å². The third-order valence-electron chi connectivity index (χ3n) is 2.20. The number of hydrogen-bond acceptors (Lipinski definition) is 6. The van der Waals surface area contributed by atoms with Gasteiger partial charge in [0.25, 0.3) is 10.2 Å². The van der Waals surface area contributed by atoms with E-state index in [9.17, 15) is 20.2 Å². The molecule has 0 saturated carbocycles. The molecule has 8 nitrogen and oxygen atoms in total. The van der Waals surface area contributed by atoms with Crippen LogP contribution in [0.2, 0.25) is 0 Å². The first kappa shape index (κ1) is 13.7. The average molecular weight is 256 g/mol. The molecule has 0 heterocycles. The molecule has 0 aliphatic carbocycles. The van der Waals surface area contributed by atoms with Crippen molar-refractivity contribution in [2.45, 2.75) is 18.9 Å². The normalized spacial score (nSPS) is 11.6. The lowest BCUT2D eigenvalue weighted by Crippen LogP contribution is -2.25. The Bertz CT molecular complexity index is 397. The molecule has 0 aromatic heterocycles. The molecule has 1 aromatic rings. The highest BCUT2D eigenvalue weighted by molar-refractivity contribution is 5.14. The van der Waals surface area contributed by atoms with E-state index in [0.717, 1.165) is 5.56 Å². The van der Waals surface area contributed by atoms with Crippen LogP contribution in [-0.4, -0.2) is 22.9 Å². The Hall–Kier alpha value is -2.38. The number of benzene rings is 1. The fourth-order valence-electron chi connectivity index (χ4n) is 1.40. The molecule has 1 rings (SSSR count). The molecule has 0 aliphatic heterocycles. The SMILES string of the molecule is O=[N+]([O-])OCC(CCc1ccccc1)O[N+](=O)[O-].